The van der Waals surface area contributed by atoms with E-state index in [1.807, 2.05) is 18.2 Å². The monoisotopic (exact) mass is 313 g/mol. The number of aromatic nitrogens is 2. The van der Waals surface area contributed by atoms with Crippen LogP contribution in [0.2, 0.25) is 0 Å². The zero-order valence-corrected chi connectivity index (χ0v) is 11.9. The highest BCUT2D eigenvalue weighted by atomic mass is 79.9. The summed E-state index contributed by atoms with van der Waals surface area (Å²) in [7, 11) is 3.47. The third-order valence-corrected chi connectivity index (χ3v) is 3.35. The van der Waals surface area contributed by atoms with E-state index >= 15 is 0 Å². The van der Waals surface area contributed by atoms with Crippen molar-refractivity contribution in [3.05, 3.63) is 27.4 Å². The van der Waals surface area contributed by atoms with Crippen molar-refractivity contribution in [2.45, 2.75) is 6.54 Å². The van der Waals surface area contributed by atoms with E-state index in [9.17, 15) is 4.79 Å². The molecule has 1 aromatic carbocycles. The molecule has 6 heteroatoms. The van der Waals surface area contributed by atoms with E-state index in [1.54, 1.807) is 23.6 Å². The maximum absolute atomic E-state index is 11.7. The zero-order valence-electron chi connectivity index (χ0n) is 9.53. The molecule has 0 aliphatic heterocycles. The molecule has 2 rings (SSSR count). The Labute approximate surface area is 112 Å². The van der Waals surface area contributed by atoms with Crippen LogP contribution in [0.4, 0.5) is 0 Å². The summed E-state index contributed by atoms with van der Waals surface area (Å²) in [5, 5.41) is 0. The molecule has 0 saturated carbocycles. The normalized spacial score (nSPS) is 10.8. The van der Waals surface area contributed by atoms with E-state index in [2.05, 4.69) is 20.9 Å². The molecule has 1 aromatic heterocycles. The van der Waals surface area contributed by atoms with Gasteiger partial charge in [-0.15, -0.1) is 0 Å². The molecule has 0 aliphatic carbocycles. The Balaban J connectivity index is 2.53. The highest BCUT2D eigenvalue weighted by molar-refractivity contribution is 9.10. The maximum Gasteiger partial charge on any atom is 0.242 e. The van der Waals surface area contributed by atoms with Crippen molar-refractivity contribution >= 4 is 45.1 Å². The molecule has 17 heavy (non-hydrogen) atoms. The molecule has 0 bridgehead atoms. The van der Waals surface area contributed by atoms with E-state index in [4.69, 9.17) is 12.2 Å². The third kappa shape index (κ3) is 2.42. The number of hydrogen-bond acceptors (Lipinski definition) is 2. The smallest absolute Gasteiger partial charge is 0.242 e. The molecule has 0 spiro atoms. The number of imidazole rings is 1. The lowest BCUT2D eigenvalue weighted by molar-refractivity contribution is -0.129. The fraction of sp³-hybridized carbons (Fsp3) is 0.273. The van der Waals surface area contributed by atoms with Gasteiger partial charge in [-0.1, -0.05) is 15.9 Å². The van der Waals surface area contributed by atoms with Gasteiger partial charge in [-0.05, 0) is 30.4 Å². The Kier molecular flexibility index (Phi) is 3.35. The van der Waals surface area contributed by atoms with Gasteiger partial charge in [0, 0.05) is 18.6 Å². The minimum absolute atomic E-state index is 0.0157. The summed E-state index contributed by atoms with van der Waals surface area (Å²) < 4.78 is 3.33. The molecular weight excluding hydrogens is 302 g/mol. The highest BCUT2D eigenvalue weighted by Crippen LogP contribution is 2.19. The Hall–Kier alpha value is -1.14. The van der Waals surface area contributed by atoms with Gasteiger partial charge in [-0.3, -0.25) is 4.79 Å². The second-order valence-electron chi connectivity index (χ2n) is 3.97. The lowest BCUT2D eigenvalue weighted by Gasteiger charge is -2.11. The number of H-pyrrole nitrogens is 1. The number of amides is 1. The van der Waals surface area contributed by atoms with Gasteiger partial charge in [0.1, 0.15) is 6.54 Å². The first-order valence-corrected chi connectivity index (χ1v) is 6.27. The number of aromatic amines is 1. The van der Waals surface area contributed by atoms with Crippen LogP contribution in [0.15, 0.2) is 22.7 Å². The highest BCUT2D eigenvalue weighted by Gasteiger charge is 2.10. The average Bonchev–Trinajstić information content (AvgIpc) is 2.55. The number of halogens is 1. The molecule has 1 N–H and O–H groups in total. The van der Waals surface area contributed by atoms with Gasteiger partial charge in [-0.25, -0.2) is 0 Å². The predicted octanol–water partition coefficient (Wildman–Crippen LogP) is 2.55. The second-order valence-corrected chi connectivity index (χ2v) is 5.27. The van der Waals surface area contributed by atoms with Gasteiger partial charge >= 0.3 is 0 Å². The summed E-state index contributed by atoms with van der Waals surface area (Å²) in [5.41, 5.74) is 1.87. The molecule has 0 radical (unpaired) electrons. The fourth-order valence-corrected chi connectivity index (χ4v) is 2.18. The predicted molar refractivity (Wildman–Crippen MR) is 73.5 cm³/mol. The number of hydrogen-bond donors (Lipinski definition) is 1. The summed E-state index contributed by atoms with van der Waals surface area (Å²) in [6.45, 7) is 0.252. The van der Waals surface area contributed by atoms with Gasteiger partial charge in [0.2, 0.25) is 5.91 Å². The van der Waals surface area contributed by atoms with Crippen LogP contribution in [0.25, 0.3) is 11.0 Å². The number of likely N-dealkylation sites (N-methyl/N-ethyl adjacent to an activating group) is 1. The van der Waals surface area contributed by atoms with E-state index < -0.39 is 0 Å². The minimum Gasteiger partial charge on any atom is -0.347 e. The Bertz CT molecular complexity index is 629. The van der Waals surface area contributed by atoms with Crippen LogP contribution in [0.3, 0.4) is 0 Å². The van der Waals surface area contributed by atoms with Crippen molar-refractivity contribution in [1.29, 1.82) is 0 Å². The topological polar surface area (TPSA) is 41.0 Å². The summed E-state index contributed by atoms with van der Waals surface area (Å²) in [6, 6.07) is 5.82. The minimum atomic E-state index is 0.0157. The van der Waals surface area contributed by atoms with Crippen molar-refractivity contribution in [2.75, 3.05) is 14.1 Å². The van der Waals surface area contributed by atoms with Gasteiger partial charge < -0.3 is 14.5 Å². The summed E-state index contributed by atoms with van der Waals surface area (Å²) in [4.78, 5) is 16.4. The van der Waals surface area contributed by atoms with Crippen LogP contribution in [0.5, 0.6) is 0 Å². The Morgan fingerprint density at radius 2 is 2.24 bits per heavy atom. The van der Waals surface area contributed by atoms with Crippen molar-refractivity contribution in [3.63, 3.8) is 0 Å². The van der Waals surface area contributed by atoms with Crippen LogP contribution in [0, 0.1) is 4.77 Å². The molecule has 1 heterocycles. The van der Waals surface area contributed by atoms with Crippen LogP contribution in [0.1, 0.15) is 0 Å². The van der Waals surface area contributed by atoms with E-state index in [0.29, 0.717) is 4.77 Å². The average molecular weight is 314 g/mol. The standard InChI is InChI=1S/C11H12BrN3OS/c1-14(2)10(16)6-15-9-5-7(12)3-4-8(9)13-11(15)17/h3-5H,6H2,1-2H3,(H,13,17). The van der Waals surface area contributed by atoms with Crippen LogP contribution in [-0.2, 0) is 11.3 Å². The molecule has 4 nitrogen and oxygen atoms in total. The van der Waals surface area contributed by atoms with Gasteiger partial charge in [0.05, 0.1) is 11.0 Å². The van der Waals surface area contributed by atoms with Gasteiger partial charge in [-0.2, -0.15) is 0 Å². The second kappa shape index (κ2) is 4.62. The Morgan fingerprint density at radius 1 is 1.53 bits per heavy atom. The lowest BCUT2D eigenvalue weighted by Crippen LogP contribution is -2.26. The molecule has 0 aliphatic rings. The molecule has 0 unspecified atom stereocenters. The first kappa shape index (κ1) is 12.3. The van der Waals surface area contributed by atoms with Crippen molar-refractivity contribution in [2.24, 2.45) is 0 Å². The van der Waals surface area contributed by atoms with Crippen LogP contribution < -0.4 is 0 Å². The number of nitrogens with one attached hydrogen (secondary N) is 1. The van der Waals surface area contributed by atoms with Crippen molar-refractivity contribution in [1.82, 2.24) is 14.5 Å². The molecule has 1 amide bonds. The lowest BCUT2D eigenvalue weighted by atomic mass is 10.3. The van der Waals surface area contributed by atoms with Crippen LogP contribution >= 0.6 is 28.1 Å². The first-order valence-electron chi connectivity index (χ1n) is 5.07. The van der Waals surface area contributed by atoms with Crippen molar-refractivity contribution < 1.29 is 4.79 Å². The molecule has 0 atom stereocenters. The van der Waals surface area contributed by atoms with Gasteiger partial charge in [0.15, 0.2) is 4.77 Å². The molecule has 2 aromatic rings. The quantitative estimate of drug-likeness (QED) is 0.866. The number of carbonyl (C=O) groups is 1. The fourth-order valence-electron chi connectivity index (χ4n) is 1.56. The first-order chi connectivity index (χ1) is 7.99. The largest absolute Gasteiger partial charge is 0.347 e. The van der Waals surface area contributed by atoms with E-state index in [0.717, 1.165) is 15.5 Å². The number of benzene rings is 1. The zero-order chi connectivity index (χ0) is 12.6. The number of rotatable bonds is 2. The number of nitrogens with zero attached hydrogens (tertiary/aromatic N) is 2. The van der Waals surface area contributed by atoms with Crippen LogP contribution in [-0.4, -0.2) is 34.5 Å². The number of carbonyl (C=O) groups excluding carboxylic acids is 1. The molecule has 0 saturated heterocycles. The molecule has 0 fully saturated rings. The summed E-state index contributed by atoms with van der Waals surface area (Å²) >= 11 is 8.64. The molecule has 90 valence electrons. The van der Waals surface area contributed by atoms with Gasteiger partial charge in [0.25, 0.3) is 0 Å². The number of fused-ring (bicyclic) bond motifs is 1. The van der Waals surface area contributed by atoms with E-state index in [1.165, 1.54) is 0 Å². The summed E-state index contributed by atoms with van der Waals surface area (Å²) in [5.74, 6) is 0.0157. The van der Waals surface area contributed by atoms with Crippen molar-refractivity contribution in [3.8, 4) is 0 Å². The third-order valence-electron chi connectivity index (χ3n) is 2.53. The maximum atomic E-state index is 11.7. The SMILES string of the molecule is CN(C)C(=O)Cn1c(=S)[nH]c2ccc(Br)cc21. The Morgan fingerprint density at radius 3 is 2.88 bits per heavy atom. The summed E-state index contributed by atoms with van der Waals surface area (Å²) in [6.07, 6.45) is 0. The molecular formula is C11H12BrN3OS. The van der Waals surface area contributed by atoms with E-state index in [-0.39, 0.29) is 12.5 Å².